The van der Waals surface area contributed by atoms with Crippen LogP contribution in [0.15, 0.2) is 48.7 Å². The van der Waals surface area contributed by atoms with Gasteiger partial charge >= 0.3 is 5.97 Å². The van der Waals surface area contributed by atoms with Crippen LogP contribution in [0.1, 0.15) is 46.7 Å². The number of para-hydroxylation sites is 1. The van der Waals surface area contributed by atoms with E-state index in [0.29, 0.717) is 40.2 Å². The van der Waals surface area contributed by atoms with Crippen LogP contribution in [0.3, 0.4) is 0 Å². The lowest BCUT2D eigenvalue weighted by Crippen LogP contribution is -2.19. The van der Waals surface area contributed by atoms with Crippen LogP contribution in [0.2, 0.25) is 5.02 Å². The number of esters is 1. The first-order valence-corrected chi connectivity index (χ1v) is 12.0. The minimum absolute atomic E-state index is 0.231. The van der Waals surface area contributed by atoms with E-state index in [0.717, 1.165) is 35.1 Å². The highest BCUT2D eigenvalue weighted by Crippen LogP contribution is 2.30. The van der Waals surface area contributed by atoms with Gasteiger partial charge in [0.25, 0.3) is 5.91 Å². The van der Waals surface area contributed by atoms with Crippen molar-refractivity contribution in [3.63, 3.8) is 0 Å². The molecule has 0 bridgehead atoms. The SMILES string of the molecule is CCCc1[nH]c2cc(Nc3ncc(Cl)c(Nc4ccccc4C(=O)NC)n3)ccc2c1C(=O)OCC. The number of halogens is 1. The Morgan fingerprint density at radius 2 is 1.92 bits per heavy atom. The number of amides is 1. The van der Waals surface area contributed by atoms with Crippen molar-refractivity contribution < 1.29 is 14.3 Å². The fraction of sp³-hybridized carbons (Fsp3) is 0.231. The molecule has 0 saturated heterocycles. The average molecular weight is 507 g/mol. The third-order valence-corrected chi connectivity index (χ3v) is 5.78. The molecule has 36 heavy (non-hydrogen) atoms. The number of fused-ring (bicyclic) bond motifs is 1. The Labute approximate surface area is 213 Å². The Hall–Kier alpha value is -4.11. The number of anilines is 4. The zero-order valence-electron chi connectivity index (χ0n) is 20.2. The van der Waals surface area contributed by atoms with E-state index in [4.69, 9.17) is 16.3 Å². The molecule has 186 valence electrons. The molecule has 0 saturated carbocycles. The summed E-state index contributed by atoms with van der Waals surface area (Å²) in [6.07, 6.45) is 3.10. The predicted molar refractivity (Wildman–Crippen MR) is 142 cm³/mol. The zero-order valence-corrected chi connectivity index (χ0v) is 21.0. The van der Waals surface area contributed by atoms with Crippen LogP contribution in [0.5, 0.6) is 0 Å². The lowest BCUT2D eigenvalue weighted by molar-refractivity contribution is 0.0527. The van der Waals surface area contributed by atoms with Crippen LogP contribution in [0.25, 0.3) is 10.9 Å². The number of H-pyrrole nitrogens is 1. The number of aryl methyl sites for hydroxylation is 1. The van der Waals surface area contributed by atoms with E-state index >= 15 is 0 Å². The summed E-state index contributed by atoms with van der Waals surface area (Å²) in [5.74, 6) is 0.0955. The Bertz CT molecular complexity index is 1420. The molecule has 1 amide bonds. The lowest BCUT2D eigenvalue weighted by atomic mass is 10.1. The van der Waals surface area contributed by atoms with E-state index in [-0.39, 0.29) is 11.9 Å². The van der Waals surface area contributed by atoms with Gasteiger partial charge in [0.2, 0.25) is 5.95 Å². The van der Waals surface area contributed by atoms with Crippen molar-refractivity contribution >= 4 is 57.5 Å². The van der Waals surface area contributed by atoms with E-state index in [1.165, 1.54) is 6.20 Å². The van der Waals surface area contributed by atoms with Crippen LogP contribution in [-0.4, -0.2) is 40.5 Å². The summed E-state index contributed by atoms with van der Waals surface area (Å²) in [6, 6.07) is 12.7. The standard InChI is InChI=1S/C26H27ClN6O3/c1-4-8-20-22(25(35)36-5-2)16-12-11-15(13-21(16)31-20)30-26-29-14-18(27)23(33-26)32-19-10-7-6-9-17(19)24(34)28-3/h6-7,9-14,31H,4-5,8H2,1-3H3,(H,28,34)(H2,29,30,32,33). The van der Waals surface area contributed by atoms with E-state index < -0.39 is 0 Å². The molecular weight excluding hydrogens is 480 g/mol. The van der Waals surface area contributed by atoms with E-state index in [9.17, 15) is 9.59 Å². The maximum Gasteiger partial charge on any atom is 0.340 e. The highest BCUT2D eigenvalue weighted by atomic mass is 35.5. The summed E-state index contributed by atoms with van der Waals surface area (Å²) in [5.41, 5.74) is 3.98. The summed E-state index contributed by atoms with van der Waals surface area (Å²) in [4.78, 5) is 36.9. The first-order valence-electron chi connectivity index (χ1n) is 11.6. The molecule has 0 spiro atoms. The largest absolute Gasteiger partial charge is 0.462 e. The van der Waals surface area contributed by atoms with Gasteiger partial charge in [0, 0.05) is 29.3 Å². The number of carbonyl (C=O) groups is 2. The highest BCUT2D eigenvalue weighted by molar-refractivity contribution is 6.33. The molecule has 0 aliphatic rings. The summed E-state index contributed by atoms with van der Waals surface area (Å²) >= 11 is 6.33. The fourth-order valence-corrected chi connectivity index (χ4v) is 4.04. The van der Waals surface area contributed by atoms with Crippen molar-refractivity contribution in [2.75, 3.05) is 24.3 Å². The summed E-state index contributed by atoms with van der Waals surface area (Å²) in [7, 11) is 1.57. The minimum Gasteiger partial charge on any atom is -0.462 e. The molecule has 4 rings (SSSR count). The smallest absolute Gasteiger partial charge is 0.340 e. The second-order valence-electron chi connectivity index (χ2n) is 7.97. The van der Waals surface area contributed by atoms with Crippen LogP contribution < -0.4 is 16.0 Å². The van der Waals surface area contributed by atoms with Gasteiger partial charge < -0.3 is 25.7 Å². The van der Waals surface area contributed by atoms with Crippen molar-refractivity contribution in [2.45, 2.75) is 26.7 Å². The van der Waals surface area contributed by atoms with Gasteiger partial charge in [-0.3, -0.25) is 4.79 Å². The number of rotatable bonds is 9. The quantitative estimate of drug-likeness (QED) is 0.218. The van der Waals surface area contributed by atoms with Gasteiger partial charge in [-0.05, 0) is 43.7 Å². The van der Waals surface area contributed by atoms with Crippen LogP contribution in [0, 0.1) is 0 Å². The Morgan fingerprint density at radius 3 is 2.67 bits per heavy atom. The first-order chi connectivity index (χ1) is 17.4. The maximum absolute atomic E-state index is 12.6. The van der Waals surface area contributed by atoms with Crippen LogP contribution >= 0.6 is 11.6 Å². The van der Waals surface area contributed by atoms with E-state index in [1.807, 2.05) is 24.3 Å². The molecular formula is C26H27ClN6O3. The van der Waals surface area contributed by atoms with Crippen LogP contribution in [-0.2, 0) is 11.2 Å². The summed E-state index contributed by atoms with van der Waals surface area (Å²) in [5, 5.41) is 10.0. The van der Waals surface area contributed by atoms with Crippen molar-refractivity contribution in [3.05, 3.63) is 70.5 Å². The molecule has 10 heteroatoms. The number of hydrogen-bond donors (Lipinski definition) is 4. The molecule has 0 unspecified atom stereocenters. The molecule has 2 heterocycles. The number of aromatic nitrogens is 3. The Morgan fingerprint density at radius 1 is 1.11 bits per heavy atom. The number of benzene rings is 2. The Balaban J connectivity index is 1.62. The number of ether oxygens (including phenoxy) is 1. The molecule has 0 radical (unpaired) electrons. The number of carbonyl (C=O) groups excluding carboxylic acids is 2. The van der Waals surface area contributed by atoms with Gasteiger partial charge in [-0.25, -0.2) is 9.78 Å². The van der Waals surface area contributed by atoms with E-state index in [1.54, 1.807) is 32.2 Å². The molecule has 9 nitrogen and oxygen atoms in total. The van der Waals surface area contributed by atoms with Gasteiger partial charge in [-0.15, -0.1) is 0 Å². The van der Waals surface area contributed by atoms with Gasteiger partial charge in [0.05, 0.1) is 29.6 Å². The summed E-state index contributed by atoms with van der Waals surface area (Å²) in [6.45, 7) is 4.17. The van der Waals surface area contributed by atoms with Crippen molar-refractivity contribution in [2.24, 2.45) is 0 Å². The number of hydrogen-bond acceptors (Lipinski definition) is 7. The third-order valence-electron chi connectivity index (χ3n) is 5.51. The predicted octanol–water partition coefficient (Wildman–Crippen LogP) is 5.59. The molecule has 4 N–H and O–H groups in total. The van der Waals surface area contributed by atoms with Gasteiger partial charge in [0.1, 0.15) is 5.02 Å². The molecule has 2 aromatic heterocycles. The molecule has 0 aliphatic heterocycles. The first kappa shape index (κ1) is 25.0. The van der Waals surface area contributed by atoms with Crippen LogP contribution in [0.4, 0.5) is 23.1 Å². The monoisotopic (exact) mass is 506 g/mol. The normalized spacial score (nSPS) is 10.8. The Kier molecular flexibility index (Phi) is 7.70. The van der Waals surface area contributed by atoms with Crippen molar-refractivity contribution in [3.8, 4) is 0 Å². The lowest BCUT2D eigenvalue weighted by Gasteiger charge is -2.13. The maximum atomic E-state index is 12.6. The van der Waals surface area contributed by atoms with Crippen molar-refractivity contribution in [1.82, 2.24) is 20.3 Å². The van der Waals surface area contributed by atoms with Gasteiger partial charge in [0.15, 0.2) is 5.82 Å². The third kappa shape index (κ3) is 5.26. The van der Waals surface area contributed by atoms with Gasteiger partial charge in [-0.1, -0.05) is 37.1 Å². The average Bonchev–Trinajstić information content (AvgIpc) is 3.23. The number of nitrogens with zero attached hydrogens (tertiary/aromatic N) is 2. The topological polar surface area (TPSA) is 121 Å². The minimum atomic E-state index is -0.332. The summed E-state index contributed by atoms with van der Waals surface area (Å²) < 4.78 is 5.27. The van der Waals surface area contributed by atoms with Crippen molar-refractivity contribution in [1.29, 1.82) is 0 Å². The van der Waals surface area contributed by atoms with Gasteiger partial charge in [-0.2, -0.15) is 4.98 Å². The second kappa shape index (κ2) is 11.1. The molecule has 0 atom stereocenters. The zero-order chi connectivity index (χ0) is 25.7. The molecule has 2 aromatic carbocycles. The number of nitrogens with one attached hydrogen (secondary N) is 4. The molecule has 4 aromatic rings. The second-order valence-corrected chi connectivity index (χ2v) is 8.38. The molecule has 0 fully saturated rings. The number of aromatic amines is 1. The highest BCUT2D eigenvalue weighted by Gasteiger charge is 2.19. The fourth-order valence-electron chi connectivity index (χ4n) is 3.90. The van der Waals surface area contributed by atoms with E-state index in [2.05, 4.69) is 37.8 Å². The molecule has 0 aliphatic carbocycles.